The molecule has 0 bridgehead atoms. The van der Waals surface area contributed by atoms with Crippen molar-refractivity contribution in [1.82, 2.24) is 9.91 Å². The van der Waals surface area contributed by atoms with Crippen LogP contribution in [0, 0.1) is 0 Å². The van der Waals surface area contributed by atoms with Crippen LogP contribution in [-0.4, -0.2) is 48.7 Å². The minimum Gasteiger partial charge on any atom is -0.508 e. The number of benzene rings is 3. The fourth-order valence-electron chi connectivity index (χ4n) is 3.61. The molecular formula is C28H32N4O4. The highest BCUT2D eigenvalue weighted by Gasteiger charge is 2.20. The molecule has 0 unspecified atom stereocenters. The smallest absolute Gasteiger partial charge is 0.247 e. The predicted molar refractivity (Wildman–Crippen MR) is 142 cm³/mol. The Kier molecular flexibility index (Phi) is 8.96. The third-order valence-corrected chi connectivity index (χ3v) is 5.64. The molecule has 36 heavy (non-hydrogen) atoms. The molecule has 3 aromatic rings. The average molecular weight is 489 g/mol. The Morgan fingerprint density at radius 3 is 2.31 bits per heavy atom. The number of phenols is 1. The Hall–Kier alpha value is -4.43. The van der Waals surface area contributed by atoms with Crippen LogP contribution in [0.2, 0.25) is 0 Å². The number of ether oxygens (including phenoxy) is 2. The maximum absolute atomic E-state index is 13.4. The second-order valence-electron chi connectivity index (χ2n) is 8.13. The maximum Gasteiger partial charge on any atom is 0.247 e. The first-order valence-corrected chi connectivity index (χ1v) is 11.3. The van der Waals surface area contributed by atoms with Gasteiger partial charge in [-0.05, 0) is 53.6 Å². The van der Waals surface area contributed by atoms with Gasteiger partial charge in [0.2, 0.25) is 5.91 Å². The van der Waals surface area contributed by atoms with E-state index in [9.17, 15) is 9.90 Å². The van der Waals surface area contributed by atoms with Crippen LogP contribution in [0.4, 0.5) is 0 Å². The number of phenolic OH excluding ortho intramolecular Hbond substituents is 1. The number of likely N-dealkylation sites (N-methyl/N-ethyl adjacent to an activating group) is 1. The summed E-state index contributed by atoms with van der Waals surface area (Å²) in [5, 5.41) is 11.0. The lowest BCUT2D eigenvalue weighted by Crippen LogP contribution is -2.38. The van der Waals surface area contributed by atoms with Gasteiger partial charge in [0.1, 0.15) is 17.2 Å². The number of amides is 1. The van der Waals surface area contributed by atoms with Crippen LogP contribution >= 0.6 is 0 Å². The molecule has 0 heterocycles. The number of nitrogens with zero attached hydrogens (tertiary/aromatic N) is 2. The lowest BCUT2D eigenvalue weighted by Gasteiger charge is -2.28. The van der Waals surface area contributed by atoms with Gasteiger partial charge in [-0.1, -0.05) is 30.3 Å². The van der Waals surface area contributed by atoms with E-state index in [0.717, 1.165) is 11.1 Å². The Bertz CT molecular complexity index is 1220. The van der Waals surface area contributed by atoms with Gasteiger partial charge in [0.25, 0.3) is 0 Å². The zero-order valence-corrected chi connectivity index (χ0v) is 20.7. The molecule has 8 nitrogen and oxygen atoms in total. The molecule has 0 atom stereocenters. The van der Waals surface area contributed by atoms with E-state index in [1.54, 1.807) is 62.6 Å². The summed E-state index contributed by atoms with van der Waals surface area (Å²) in [6, 6.07) is 21.5. The summed E-state index contributed by atoms with van der Waals surface area (Å²) in [4.78, 5) is 15.1. The van der Waals surface area contributed by atoms with Crippen LogP contribution < -0.4 is 21.1 Å². The second-order valence-corrected chi connectivity index (χ2v) is 8.13. The monoisotopic (exact) mass is 488 g/mol. The van der Waals surface area contributed by atoms with Crippen molar-refractivity contribution in [3.8, 4) is 17.2 Å². The summed E-state index contributed by atoms with van der Waals surface area (Å²) in [6.45, 7) is 0.373. The Morgan fingerprint density at radius 2 is 1.69 bits per heavy atom. The van der Waals surface area contributed by atoms with E-state index in [4.69, 9.17) is 21.1 Å². The highest BCUT2D eigenvalue weighted by atomic mass is 16.5. The number of aromatic hydroxyl groups is 1. The van der Waals surface area contributed by atoms with Crippen molar-refractivity contribution in [2.45, 2.75) is 6.54 Å². The van der Waals surface area contributed by atoms with Crippen molar-refractivity contribution in [3.63, 3.8) is 0 Å². The molecule has 3 aromatic carbocycles. The number of methoxy groups -OCH3 is 2. The van der Waals surface area contributed by atoms with Crippen molar-refractivity contribution in [2.75, 3.05) is 27.8 Å². The summed E-state index contributed by atoms with van der Waals surface area (Å²) < 4.78 is 10.8. The highest BCUT2D eigenvalue weighted by molar-refractivity contribution is 5.92. The molecule has 0 aromatic heterocycles. The fourth-order valence-corrected chi connectivity index (χ4v) is 3.61. The summed E-state index contributed by atoms with van der Waals surface area (Å²) >= 11 is 0. The third kappa shape index (κ3) is 6.80. The lowest BCUT2D eigenvalue weighted by atomic mass is 10.1. The molecule has 0 radical (unpaired) electrons. The van der Waals surface area contributed by atoms with Gasteiger partial charge in [0, 0.05) is 24.8 Å². The largest absolute Gasteiger partial charge is 0.508 e. The van der Waals surface area contributed by atoms with Crippen molar-refractivity contribution in [3.05, 3.63) is 101 Å². The molecule has 0 aliphatic carbocycles. The first-order valence-electron chi connectivity index (χ1n) is 11.3. The van der Waals surface area contributed by atoms with Gasteiger partial charge in [-0.3, -0.25) is 4.79 Å². The SMILES string of the molecule is COc1ccc(CN(C/C(=C(/N)c2ccc(O)cc2)N(C)N)C(=O)/C=C/c2ccccc2)c(OC)c1. The normalized spacial score (nSPS) is 11.7. The predicted octanol–water partition coefficient (Wildman–Crippen LogP) is 3.58. The molecule has 8 heteroatoms. The van der Waals surface area contributed by atoms with Crippen molar-refractivity contribution in [1.29, 1.82) is 0 Å². The molecule has 0 aliphatic rings. The molecule has 0 saturated carbocycles. The molecule has 0 fully saturated rings. The lowest BCUT2D eigenvalue weighted by molar-refractivity contribution is -0.126. The number of hydrogen-bond donors (Lipinski definition) is 3. The number of nitrogens with two attached hydrogens (primary N) is 2. The van der Waals surface area contributed by atoms with Gasteiger partial charge in [-0.15, -0.1) is 0 Å². The quantitative estimate of drug-likeness (QED) is 0.227. The highest BCUT2D eigenvalue weighted by Crippen LogP contribution is 2.27. The van der Waals surface area contributed by atoms with Gasteiger partial charge < -0.3 is 30.2 Å². The van der Waals surface area contributed by atoms with Crippen LogP contribution in [0.5, 0.6) is 17.2 Å². The molecule has 5 N–H and O–H groups in total. The summed E-state index contributed by atoms with van der Waals surface area (Å²) in [6.07, 6.45) is 3.29. The molecule has 1 amide bonds. The molecule has 188 valence electrons. The Balaban J connectivity index is 1.99. The molecule has 3 rings (SSSR count). The van der Waals surface area contributed by atoms with Gasteiger partial charge in [0.15, 0.2) is 0 Å². The van der Waals surface area contributed by atoms with Crippen LogP contribution in [0.25, 0.3) is 11.8 Å². The second kappa shape index (κ2) is 12.3. The minimum absolute atomic E-state index is 0.128. The van der Waals surface area contributed by atoms with Gasteiger partial charge in [0.05, 0.1) is 38.7 Å². The number of rotatable bonds is 10. The van der Waals surface area contributed by atoms with Crippen LogP contribution in [-0.2, 0) is 11.3 Å². The van der Waals surface area contributed by atoms with Crippen LogP contribution in [0.15, 0.2) is 84.6 Å². The third-order valence-electron chi connectivity index (χ3n) is 5.64. The number of carbonyl (C=O) groups excluding carboxylic acids is 1. The van der Waals surface area contributed by atoms with Crippen LogP contribution in [0.3, 0.4) is 0 Å². The number of carbonyl (C=O) groups is 1. The minimum atomic E-state index is -0.227. The van der Waals surface area contributed by atoms with E-state index in [2.05, 4.69) is 0 Å². The number of hydrogen-bond acceptors (Lipinski definition) is 7. The van der Waals surface area contributed by atoms with E-state index in [1.165, 1.54) is 11.1 Å². The Morgan fingerprint density at radius 1 is 1.00 bits per heavy atom. The van der Waals surface area contributed by atoms with E-state index >= 15 is 0 Å². The zero-order chi connectivity index (χ0) is 26.1. The van der Waals surface area contributed by atoms with Gasteiger partial charge in [-0.2, -0.15) is 0 Å². The topological polar surface area (TPSA) is 114 Å². The molecular weight excluding hydrogens is 456 g/mol. The first-order chi connectivity index (χ1) is 17.3. The van der Waals surface area contributed by atoms with Crippen molar-refractivity contribution in [2.24, 2.45) is 11.6 Å². The maximum atomic E-state index is 13.4. The fraction of sp³-hybridized carbons (Fsp3) is 0.179. The van der Waals surface area contributed by atoms with Crippen molar-refractivity contribution < 1.29 is 19.4 Å². The molecule has 0 spiro atoms. The summed E-state index contributed by atoms with van der Waals surface area (Å²) in [7, 11) is 4.82. The Labute approximate surface area is 211 Å². The number of hydrazine groups is 1. The van der Waals surface area contributed by atoms with E-state index in [-0.39, 0.29) is 24.7 Å². The summed E-state index contributed by atoms with van der Waals surface area (Å²) in [5.41, 5.74) is 9.78. The van der Waals surface area contributed by atoms with E-state index in [0.29, 0.717) is 28.5 Å². The zero-order valence-electron chi connectivity index (χ0n) is 20.7. The van der Waals surface area contributed by atoms with Gasteiger partial charge in [-0.25, -0.2) is 5.84 Å². The van der Waals surface area contributed by atoms with E-state index < -0.39 is 0 Å². The van der Waals surface area contributed by atoms with Crippen molar-refractivity contribution >= 4 is 17.7 Å². The standard InChI is InChI=1S/C28H32N4O4/c1-31(30)25(28(29)21-10-13-23(33)14-11-21)19-32(27(34)16-9-20-7-5-4-6-8-20)18-22-12-15-24(35-2)17-26(22)36-3/h4-17,33H,18-19,29-30H2,1-3H3/b16-9+,28-25-. The molecule has 0 saturated heterocycles. The van der Waals surface area contributed by atoms with E-state index in [1.807, 2.05) is 42.5 Å². The van der Waals surface area contributed by atoms with Crippen LogP contribution in [0.1, 0.15) is 16.7 Å². The average Bonchev–Trinajstić information content (AvgIpc) is 2.90. The van der Waals surface area contributed by atoms with Gasteiger partial charge >= 0.3 is 0 Å². The summed E-state index contributed by atoms with van der Waals surface area (Å²) in [5.74, 6) is 7.30. The first kappa shape index (κ1) is 26.2. The molecule has 0 aliphatic heterocycles.